The Balaban J connectivity index is 2.24. The van der Waals surface area contributed by atoms with Crippen molar-refractivity contribution in [2.45, 2.75) is 18.9 Å². The molecule has 0 aromatic heterocycles. The minimum absolute atomic E-state index is 0.0613. The van der Waals surface area contributed by atoms with Crippen LogP contribution in [0.4, 0.5) is 10.1 Å². The number of amides is 1. The average Bonchev–Trinajstić information content (AvgIpc) is 2.62. The van der Waals surface area contributed by atoms with Crippen molar-refractivity contribution in [3.05, 3.63) is 29.6 Å². The van der Waals surface area contributed by atoms with Gasteiger partial charge in [-0.1, -0.05) is 6.07 Å². The van der Waals surface area contributed by atoms with E-state index in [0.29, 0.717) is 6.42 Å². The molecule has 1 unspecified atom stereocenters. The molecule has 5 nitrogen and oxygen atoms in total. The average molecular weight is 300 g/mol. The van der Waals surface area contributed by atoms with Gasteiger partial charge < -0.3 is 10.6 Å². The van der Waals surface area contributed by atoms with Crippen molar-refractivity contribution in [1.29, 1.82) is 0 Å². The van der Waals surface area contributed by atoms with E-state index in [-0.39, 0.29) is 22.8 Å². The first-order chi connectivity index (χ1) is 9.26. The van der Waals surface area contributed by atoms with Crippen molar-refractivity contribution in [2.75, 3.05) is 23.9 Å². The summed E-state index contributed by atoms with van der Waals surface area (Å²) in [7, 11) is -1.59. The zero-order chi connectivity index (χ0) is 15.0. The van der Waals surface area contributed by atoms with E-state index in [1.807, 2.05) is 0 Å². The molecule has 0 radical (unpaired) electrons. The normalized spacial score (nSPS) is 24.4. The third-order valence-corrected chi connectivity index (χ3v) is 5.33. The maximum Gasteiger partial charge on any atom is 0.253 e. The lowest BCUT2D eigenvalue weighted by molar-refractivity contribution is 0.0916. The van der Waals surface area contributed by atoms with Crippen molar-refractivity contribution in [3.63, 3.8) is 0 Å². The van der Waals surface area contributed by atoms with Gasteiger partial charge in [0.1, 0.15) is 5.82 Å². The summed E-state index contributed by atoms with van der Waals surface area (Å²) in [4.78, 5) is 12.2. The second-order valence-corrected chi connectivity index (χ2v) is 7.45. The van der Waals surface area contributed by atoms with Crippen molar-refractivity contribution < 1.29 is 17.6 Å². The topological polar surface area (TPSA) is 75.3 Å². The Bertz CT molecular complexity index is 645. The number of rotatable bonds is 3. The van der Waals surface area contributed by atoms with Crippen LogP contribution in [0.3, 0.4) is 0 Å². The van der Waals surface area contributed by atoms with Gasteiger partial charge in [0, 0.05) is 7.05 Å². The standard InChI is InChI=1S/C13H17FN2O3S/c1-13(6-7-20(18,19)8-13)16-12(17)9-4-3-5-10(14)11(9)15-2/h3-5,15H,6-8H2,1-2H3,(H,16,17). The number of para-hydroxylation sites is 1. The molecule has 0 aliphatic carbocycles. The first-order valence-corrected chi connectivity index (χ1v) is 8.08. The molecule has 2 N–H and O–H groups in total. The van der Waals surface area contributed by atoms with Gasteiger partial charge in [0.05, 0.1) is 28.3 Å². The minimum atomic E-state index is -3.11. The Morgan fingerprint density at radius 2 is 2.10 bits per heavy atom. The highest BCUT2D eigenvalue weighted by Gasteiger charge is 2.39. The number of sulfone groups is 1. The van der Waals surface area contributed by atoms with Crippen molar-refractivity contribution in [2.24, 2.45) is 0 Å². The second kappa shape index (κ2) is 5.05. The van der Waals surface area contributed by atoms with Crippen LogP contribution in [0, 0.1) is 5.82 Å². The van der Waals surface area contributed by atoms with Gasteiger partial charge in [0.2, 0.25) is 0 Å². The molecule has 1 atom stereocenters. The number of halogens is 1. The molecule has 1 aliphatic heterocycles. The molecule has 1 amide bonds. The number of carbonyl (C=O) groups is 1. The smallest absolute Gasteiger partial charge is 0.253 e. The molecule has 1 saturated heterocycles. The predicted octanol–water partition coefficient (Wildman–Crippen LogP) is 1.17. The van der Waals surface area contributed by atoms with Crippen LogP contribution in [0.5, 0.6) is 0 Å². The Morgan fingerprint density at radius 3 is 2.65 bits per heavy atom. The molecule has 0 spiro atoms. The molecule has 1 aliphatic rings. The van der Waals surface area contributed by atoms with E-state index in [9.17, 15) is 17.6 Å². The van der Waals surface area contributed by atoms with E-state index in [2.05, 4.69) is 10.6 Å². The Morgan fingerprint density at radius 1 is 1.40 bits per heavy atom. The molecular weight excluding hydrogens is 283 g/mol. The highest BCUT2D eigenvalue weighted by Crippen LogP contribution is 2.25. The quantitative estimate of drug-likeness (QED) is 0.879. The van der Waals surface area contributed by atoms with E-state index in [1.165, 1.54) is 25.2 Å². The fraction of sp³-hybridized carbons (Fsp3) is 0.462. The SMILES string of the molecule is CNc1c(F)cccc1C(=O)NC1(C)CCS(=O)(=O)C1. The summed E-state index contributed by atoms with van der Waals surface area (Å²) in [6, 6.07) is 4.19. The summed E-state index contributed by atoms with van der Waals surface area (Å²) < 4.78 is 36.6. The number of carbonyl (C=O) groups excluding carboxylic acids is 1. The van der Waals surface area contributed by atoms with E-state index in [4.69, 9.17) is 0 Å². The lowest BCUT2D eigenvalue weighted by Gasteiger charge is -2.24. The van der Waals surface area contributed by atoms with E-state index in [1.54, 1.807) is 6.92 Å². The van der Waals surface area contributed by atoms with Crippen LogP contribution in [0.1, 0.15) is 23.7 Å². The lowest BCUT2D eigenvalue weighted by Crippen LogP contribution is -2.47. The molecule has 7 heteroatoms. The number of benzene rings is 1. The molecule has 1 heterocycles. The number of anilines is 1. The van der Waals surface area contributed by atoms with E-state index in [0.717, 1.165) is 0 Å². The Kier molecular flexibility index (Phi) is 3.73. The van der Waals surface area contributed by atoms with Gasteiger partial charge in [0.25, 0.3) is 5.91 Å². The summed E-state index contributed by atoms with van der Waals surface area (Å²) >= 11 is 0. The van der Waals surface area contributed by atoms with Crippen molar-refractivity contribution in [1.82, 2.24) is 5.32 Å². The predicted molar refractivity (Wildman–Crippen MR) is 75.1 cm³/mol. The molecule has 20 heavy (non-hydrogen) atoms. The molecule has 0 bridgehead atoms. The molecule has 1 fully saturated rings. The first-order valence-electron chi connectivity index (χ1n) is 6.25. The minimum Gasteiger partial charge on any atom is -0.385 e. The van der Waals surface area contributed by atoms with Crippen LogP contribution < -0.4 is 10.6 Å². The maximum atomic E-state index is 13.6. The fourth-order valence-corrected chi connectivity index (χ4v) is 4.51. The zero-order valence-corrected chi connectivity index (χ0v) is 12.2. The van der Waals surface area contributed by atoms with Gasteiger partial charge in [0.15, 0.2) is 9.84 Å². The summed E-state index contributed by atoms with van der Waals surface area (Å²) in [6.45, 7) is 1.69. The fourth-order valence-electron chi connectivity index (χ4n) is 2.42. The second-order valence-electron chi connectivity index (χ2n) is 5.27. The van der Waals surface area contributed by atoms with Crippen LogP contribution in [-0.4, -0.2) is 38.4 Å². The Hall–Kier alpha value is -1.63. The van der Waals surface area contributed by atoms with Gasteiger partial charge in [-0.25, -0.2) is 12.8 Å². The number of hydrogen-bond acceptors (Lipinski definition) is 4. The van der Waals surface area contributed by atoms with Gasteiger partial charge in [-0.05, 0) is 25.5 Å². The third kappa shape index (κ3) is 2.92. The highest BCUT2D eigenvalue weighted by atomic mass is 32.2. The first kappa shape index (κ1) is 14.8. The van der Waals surface area contributed by atoms with Crippen molar-refractivity contribution >= 4 is 21.4 Å². The summed E-state index contributed by atoms with van der Waals surface area (Å²) in [5.74, 6) is -1.03. The van der Waals surface area contributed by atoms with E-state index < -0.39 is 27.1 Å². The molecule has 2 rings (SSSR count). The monoisotopic (exact) mass is 300 g/mol. The van der Waals surface area contributed by atoms with Gasteiger partial charge in [-0.2, -0.15) is 0 Å². The summed E-state index contributed by atoms with van der Waals surface area (Å²) in [5, 5.41) is 5.35. The van der Waals surface area contributed by atoms with Crippen LogP contribution in [0.15, 0.2) is 18.2 Å². The molecule has 1 aromatic carbocycles. The molecular formula is C13H17FN2O3S. The van der Waals surface area contributed by atoms with Crippen LogP contribution in [0.25, 0.3) is 0 Å². The summed E-state index contributed by atoms with van der Waals surface area (Å²) in [5.41, 5.74) is -0.528. The number of hydrogen-bond donors (Lipinski definition) is 2. The van der Waals surface area contributed by atoms with Crippen LogP contribution >= 0.6 is 0 Å². The third-order valence-electron chi connectivity index (χ3n) is 3.43. The molecule has 0 saturated carbocycles. The van der Waals surface area contributed by atoms with Gasteiger partial charge >= 0.3 is 0 Å². The van der Waals surface area contributed by atoms with E-state index >= 15 is 0 Å². The largest absolute Gasteiger partial charge is 0.385 e. The van der Waals surface area contributed by atoms with Gasteiger partial charge in [-0.3, -0.25) is 4.79 Å². The van der Waals surface area contributed by atoms with Gasteiger partial charge in [-0.15, -0.1) is 0 Å². The lowest BCUT2D eigenvalue weighted by atomic mass is 10.0. The van der Waals surface area contributed by atoms with Crippen LogP contribution in [-0.2, 0) is 9.84 Å². The zero-order valence-electron chi connectivity index (χ0n) is 11.4. The summed E-state index contributed by atoms with van der Waals surface area (Å²) in [6.07, 6.45) is 0.366. The molecule has 1 aromatic rings. The maximum absolute atomic E-state index is 13.6. The Labute approximate surface area is 117 Å². The highest BCUT2D eigenvalue weighted by molar-refractivity contribution is 7.91. The molecule has 110 valence electrons. The number of nitrogens with one attached hydrogen (secondary N) is 2. The van der Waals surface area contributed by atoms with Crippen LogP contribution in [0.2, 0.25) is 0 Å². The van der Waals surface area contributed by atoms with Crippen molar-refractivity contribution in [3.8, 4) is 0 Å².